The van der Waals surface area contributed by atoms with Crippen LogP contribution in [0.2, 0.25) is 0 Å². The van der Waals surface area contributed by atoms with Crippen molar-refractivity contribution in [3.05, 3.63) is 89.9 Å². The summed E-state index contributed by atoms with van der Waals surface area (Å²) in [6, 6.07) is 22.1. The van der Waals surface area contributed by atoms with Gasteiger partial charge in [-0.2, -0.15) is 0 Å². The minimum Gasteiger partial charge on any atom is -0.468 e. The van der Waals surface area contributed by atoms with Gasteiger partial charge in [0, 0.05) is 44.0 Å². The van der Waals surface area contributed by atoms with Gasteiger partial charge in [0.25, 0.3) is 5.91 Å². The molecule has 1 atom stereocenters. The number of hydrogen-bond acceptors (Lipinski definition) is 4. The van der Waals surface area contributed by atoms with Gasteiger partial charge >= 0.3 is 0 Å². The second-order valence-corrected chi connectivity index (χ2v) is 7.47. The van der Waals surface area contributed by atoms with Gasteiger partial charge in [0.05, 0.1) is 12.3 Å². The molecule has 4 rings (SSSR count). The Bertz CT molecular complexity index is 899. The smallest absolute Gasteiger partial charge is 0.251 e. The molecule has 0 saturated carbocycles. The molecule has 5 nitrogen and oxygen atoms in total. The van der Waals surface area contributed by atoms with Gasteiger partial charge in [-0.05, 0) is 43.3 Å². The Balaban J connectivity index is 1.40. The molecule has 1 unspecified atom stereocenters. The van der Waals surface area contributed by atoms with E-state index in [0.29, 0.717) is 12.1 Å². The first-order valence-corrected chi connectivity index (χ1v) is 10.1. The first kappa shape index (κ1) is 19.3. The molecule has 0 radical (unpaired) electrons. The van der Waals surface area contributed by atoms with Crippen LogP contribution in [0.5, 0.6) is 0 Å². The zero-order chi connectivity index (χ0) is 20.1. The third-order valence-corrected chi connectivity index (χ3v) is 5.52. The van der Waals surface area contributed by atoms with Crippen LogP contribution in [-0.4, -0.2) is 43.5 Å². The van der Waals surface area contributed by atoms with Gasteiger partial charge in [-0.1, -0.05) is 35.9 Å². The van der Waals surface area contributed by atoms with Crippen molar-refractivity contribution in [3.63, 3.8) is 0 Å². The average molecular weight is 389 g/mol. The highest BCUT2D eigenvalue weighted by Crippen LogP contribution is 2.24. The number of furan rings is 1. The summed E-state index contributed by atoms with van der Waals surface area (Å²) in [4.78, 5) is 17.4. The van der Waals surface area contributed by atoms with E-state index in [0.717, 1.165) is 37.5 Å². The van der Waals surface area contributed by atoms with Crippen LogP contribution in [0.15, 0.2) is 77.4 Å². The Morgan fingerprint density at radius 2 is 1.69 bits per heavy atom. The fourth-order valence-electron chi connectivity index (χ4n) is 3.82. The van der Waals surface area contributed by atoms with Crippen molar-refractivity contribution >= 4 is 11.6 Å². The predicted octanol–water partition coefficient (Wildman–Crippen LogP) is 3.88. The predicted molar refractivity (Wildman–Crippen MR) is 115 cm³/mol. The van der Waals surface area contributed by atoms with E-state index in [1.165, 1.54) is 5.69 Å². The Morgan fingerprint density at radius 3 is 2.34 bits per heavy atom. The number of para-hydroxylation sites is 1. The van der Waals surface area contributed by atoms with Crippen LogP contribution in [0.1, 0.15) is 27.7 Å². The Hall–Kier alpha value is -3.05. The topological polar surface area (TPSA) is 48.7 Å². The third kappa shape index (κ3) is 4.69. The summed E-state index contributed by atoms with van der Waals surface area (Å²) in [7, 11) is 0. The van der Waals surface area contributed by atoms with Crippen LogP contribution in [0.4, 0.5) is 5.69 Å². The first-order chi connectivity index (χ1) is 14.2. The molecule has 0 aliphatic carbocycles. The van der Waals surface area contributed by atoms with Crippen molar-refractivity contribution in [3.8, 4) is 0 Å². The van der Waals surface area contributed by atoms with Gasteiger partial charge in [0.2, 0.25) is 0 Å². The van der Waals surface area contributed by atoms with E-state index < -0.39 is 0 Å². The van der Waals surface area contributed by atoms with Crippen LogP contribution in [0.25, 0.3) is 0 Å². The molecule has 1 aliphatic heterocycles. The first-order valence-electron chi connectivity index (χ1n) is 10.1. The van der Waals surface area contributed by atoms with Gasteiger partial charge in [-0.25, -0.2) is 0 Å². The van der Waals surface area contributed by atoms with Crippen molar-refractivity contribution in [1.82, 2.24) is 10.2 Å². The fraction of sp³-hybridized carbons (Fsp3) is 0.292. The van der Waals surface area contributed by atoms with Gasteiger partial charge in [-0.3, -0.25) is 9.69 Å². The Morgan fingerprint density at radius 1 is 0.966 bits per heavy atom. The van der Waals surface area contributed by atoms with E-state index in [4.69, 9.17) is 4.42 Å². The number of carbonyl (C=O) groups is 1. The average Bonchev–Trinajstić information content (AvgIpc) is 3.30. The Labute approximate surface area is 171 Å². The van der Waals surface area contributed by atoms with Crippen molar-refractivity contribution in [2.24, 2.45) is 0 Å². The zero-order valence-corrected chi connectivity index (χ0v) is 16.8. The highest BCUT2D eigenvalue weighted by Gasteiger charge is 2.27. The summed E-state index contributed by atoms with van der Waals surface area (Å²) in [5.41, 5.74) is 3.09. The summed E-state index contributed by atoms with van der Waals surface area (Å²) in [6.07, 6.45) is 1.70. The summed E-state index contributed by atoms with van der Waals surface area (Å²) in [6.45, 7) is 6.27. The van der Waals surface area contributed by atoms with E-state index in [2.05, 4.69) is 39.4 Å². The van der Waals surface area contributed by atoms with Crippen LogP contribution in [-0.2, 0) is 0 Å². The second kappa shape index (κ2) is 8.97. The third-order valence-electron chi connectivity index (χ3n) is 5.52. The Kier molecular flexibility index (Phi) is 5.96. The van der Waals surface area contributed by atoms with Gasteiger partial charge < -0.3 is 14.6 Å². The highest BCUT2D eigenvalue weighted by molar-refractivity contribution is 5.94. The molecule has 0 bridgehead atoms. The SMILES string of the molecule is Cc1ccc(C(=O)NCC(c2ccco2)N2CCN(c3ccccc3)CC2)cc1. The van der Waals surface area contributed by atoms with E-state index in [-0.39, 0.29) is 11.9 Å². The van der Waals surface area contributed by atoms with E-state index >= 15 is 0 Å². The molecular formula is C24H27N3O2. The molecule has 1 aromatic heterocycles. The van der Waals surface area contributed by atoms with Crippen molar-refractivity contribution < 1.29 is 9.21 Å². The van der Waals surface area contributed by atoms with Crippen molar-refractivity contribution in [2.45, 2.75) is 13.0 Å². The lowest BCUT2D eigenvalue weighted by Gasteiger charge is -2.39. The molecule has 150 valence electrons. The molecule has 2 heterocycles. The molecule has 1 saturated heterocycles. The van der Waals surface area contributed by atoms with Crippen molar-refractivity contribution in [2.75, 3.05) is 37.6 Å². The quantitative estimate of drug-likeness (QED) is 0.695. The van der Waals surface area contributed by atoms with Crippen molar-refractivity contribution in [1.29, 1.82) is 0 Å². The molecule has 1 amide bonds. The molecular weight excluding hydrogens is 362 g/mol. The maximum absolute atomic E-state index is 12.6. The lowest BCUT2D eigenvalue weighted by atomic mass is 10.1. The number of rotatable bonds is 6. The second-order valence-electron chi connectivity index (χ2n) is 7.47. The maximum Gasteiger partial charge on any atom is 0.251 e. The highest BCUT2D eigenvalue weighted by atomic mass is 16.3. The molecule has 29 heavy (non-hydrogen) atoms. The molecule has 5 heteroatoms. The number of carbonyl (C=O) groups excluding carboxylic acids is 1. The van der Waals surface area contributed by atoms with Crippen LogP contribution >= 0.6 is 0 Å². The molecule has 1 aliphatic rings. The van der Waals surface area contributed by atoms with Gasteiger partial charge in [-0.15, -0.1) is 0 Å². The lowest BCUT2D eigenvalue weighted by Crippen LogP contribution is -2.49. The monoisotopic (exact) mass is 389 g/mol. The molecule has 3 aromatic rings. The minimum atomic E-state index is -0.0514. The largest absolute Gasteiger partial charge is 0.468 e. The molecule has 1 N–H and O–H groups in total. The van der Waals surface area contributed by atoms with Crippen LogP contribution in [0.3, 0.4) is 0 Å². The normalized spacial score (nSPS) is 15.8. The van der Waals surface area contributed by atoms with E-state index in [1.807, 2.05) is 49.4 Å². The standard InChI is InChI=1S/C24H27N3O2/c1-19-9-11-20(12-10-19)24(28)25-18-22(23-8-5-17-29-23)27-15-13-26(14-16-27)21-6-3-2-4-7-21/h2-12,17,22H,13-16,18H2,1H3,(H,25,28). The summed E-state index contributed by atoms with van der Waals surface area (Å²) in [5.74, 6) is 0.840. The van der Waals surface area contributed by atoms with E-state index in [1.54, 1.807) is 6.26 Å². The number of nitrogens with zero attached hydrogens (tertiary/aromatic N) is 2. The van der Waals surface area contributed by atoms with Crippen LogP contribution in [0, 0.1) is 6.92 Å². The molecule has 0 spiro atoms. The zero-order valence-electron chi connectivity index (χ0n) is 16.8. The summed E-state index contributed by atoms with van der Waals surface area (Å²) >= 11 is 0. The van der Waals surface area contributed by atoms with Crippen LogP contribution < -0.4 is 10.2 Å². The molecule has 1 fully saturated rings. The number of piperazine rings is 1. The number of aryl methyl sites for hydroxylation is 1. The minimum absolute atomic E-state index is 0.0253. The van der Waals surface area contributed by atoms with Gasteiger partial charge in [0.15, 0.2) is 0 Å². The number of amides is 1. The number of anilines is 1. The fourth-order valence-corrected chi connectivity index (χ4v) is 3.82. The number of benzene rings is 2. The molecule has 2 aromatic carbocycles. The van der Waals surface area contributed by atoms with Gasteiger partial charge in [0.1, 0.15) is 5.76 Å². The lowest BCUT2D eigenvalue weighted by molar-refractivity contribution is 0.0923. The number of hydrogen-bond donors (Lipinski definition) is 1. The number of nitrogens with one attached hydrogen (secondary N) is 1. The van der Waals surface area contributed by atoms with E-state index in [9.17, 15) is 4.79 Å². The summed E-state index contributed by atoms with van der Waals surface area (Å²) < 4.78 is 5.71. The summed E-state index contributed by atoms with van der Waals surface area (Å²) in [5, 5.41) is 3.09. The maximum atomic E-state index is 12.6.